The van der Waals surface area contributed by atoms with Crippen LogP contribution in [-0.4, -0.2) is 23.8 Å². The number of carbonyl (C=O) groups is 2. The molecule has 1 atom stereocenters. The fourth-order valence-electron chi connectivity index (χ4n) is 3.93. The molecule has 0 fully saturated rings. The Hall–Kier alpha value is -3.16. The van der Waals surface area contributed by atoms with Gasteiger partial charge in [0.05, 0.1) is 23.2 Å². The highest BCUT2D eigenvalue weighted by atomic mass is 32.2. The van der Waals surface area contributed by atoms with Crippen molar-refractivity contribution in [3.05, 3.63) is 83.4 Å². The van der Waals surface area contributed by atoms with E-state index in [1.807, 2.05) is 54.6 Å². The summed E-state index contributed by atoms with van der Waals surface area (Å²) in [5, 5.41) is 2.98. The lowest BCUT2D eigenvalue weighted by atomic mass is 10.0. The average Bonchev–Trinajstić information content (AvgIpc) is 3.38. The van der Waals surface area contributed by atoms with Gasteiger partial charge in [0.2, 0.25) is 5.91 Å². The predicted molar refractivity (Wildman–Crippen MR) is 129 cm³/mol. The lowest BCUT2D eigenvalue weighted by Gasteiger charge is -2.11. The number of carbonyl (C=O) groups excluding carboxylic acids is 2. The van der Waals surface area contributed by atoms with Crippen molar-refractivity contribution in [1.82, 2.24) is 4.98 Å². The van der Waals surface area contributed by atoms with E-state index in [1.54, 1.807) is 36.3 Å². The van der Waals surface area contributed by atoms with Crippen molar-refractivity contribution in [3.8, 4) is 5.75 Å². The van der Waals surface area contributed by atoms with Crippen LogP contribution < -0.4 is 10.1 Å². The molecule has 1 N–H and O–H groups in total. The molecule has 0 aliphatic heterocycles. The van der Waals surface area contributed by atoms with Crippen molar-refractivity contribution in [3.63, 3.8) is 0 Å². The number of benzene rings is 3. The van der Waals surface area contributed by atoms with Gasteiger partial charge < -0.3 is 10.1 Å². The summed E-state index contributed by atoms with van der Waals surface area (Å²) in [4.78, 5) is 29.8. The number of fused-ring (bicyclic) bond motifs is 2. The predicted octanol–water partition coefficient (Wildman–Crippen LogP) is 5.91. The Bertz CT molecular complexity index is 1330. The molecule has 0 saturated carbocycles. The zero-order chi connectivity index (χ0) is 22.1. The maximum absolute atomic E-state index is 12.9. The number of anilines is 1. The van der Waals surface area contributed by atoms with Gasteiger partial charge in [-0.15, -0.1) is 11.3 Å². The largest absolute Gasteiger partial charge is 0.496 e. The summed E-state index contributed by atoms with van der Waals surface area (Å²) in [7, 11) is 1.68. The van der Waals surface area contributed by atoms with Crippen LogP contribution in [0.15, 0.2) is 71.1 Å². The monoisotopic (exact) mass is 460 g/mol. The molecule has 0 bridgehead atoms. The molecule has 1 aliphatic rings. The van der Waals surface area contributed by atoms with Crippen molar-refractivity contribution in [2.24, 2.45) is 0 Å². The van der Waals surface area contributed by atoms with Crippen LogP contribution in [0.2, 0.25) is 0 Å². The molecule has 5 nitrogen and oxygen atoms in total. The maximum Gasteiger partial charge on any atom is 0.232 e. The van der Waals surface area contributed by atoms with E-state index in [-0.39, 0.29) is 18.1 Å². The SMILES string of the molecule is COc1ccccc1CSc1nc2ccc(NC(=O)C3CC(=O)c4ccccc43)cc2s1. The fraction of sp³-hybridized carbons (Fsp3) is 0.160. The molecular weight excluding hydrogens is 440 g/mol. The molecular formula is C25H20N2O3S2. The highest BCUT2D eigenvalue weighted by Gasteiger charge is 2.33. The van der Waals surface area contributed by atoms with Crippen LogP contribution in [0, 0.1) is 0 Å². The van der Waals surface area contributed by atoms with Crippen molar-refractivity contribution in [2.45, 2.75) is 22.4 Å². The Morgan fingerprint density at radius 1 is 1.16 bits per heavy atom. The minimum absolute atomic E-state index is 0.0235. The molecule has 4 aromatic rings. The van der Waals surface area contributed by atoms with Crippen molar-refractivity contribution in [1.29, 1.82) is 0 Å². The number of ketones is 1. The van der Waals surface area contributed by atoms with Crippen LogP contribution >= 0.6 is 23.1 Å². The van der Waals surface area contributed by atoms with Gasteiger partial charge in [-0.1, -0.05) is 54.2 Å². The normalized spacial score (nSPS) is 15.0. The van der Waals surface area contributed by atoms with E-state index in [0.29, 0.717) is 11.3 Å². The number of amides is 1. The molecule has 1 heterocycles. The molecule has 0 radical (unpaired) electrons. The first-order chi connectivity index (χ1) is 15.6. The molecule has 1 amide bonds. The number of methoxy groups -OCH3 is 1. The number of hydrogen-bond donors (Lipinski definition) is 1. The third kappa shape index (κ3) is 4.01. The topological polar surface area (TPSA) is 68.3 Å². The first-order valence-electron chi connectivity index (χ1n) is 10.2. The van der Waals surface area contributed by atoms with Gasteiger partial charge in [-0.05, 0) is 29.8 Å². The minimum atomic E-state index is -0.442. The molecule has 1 unspecified atom stereocenters. The Morgan fingerprint density at radius 2 is 1.97 bits per heavy atom. The highest BCUT2D eigenvalue weighted by Crippen LogP contribution is 2.36. The third-order valence-electron chi connectivity index (χ3n) is 5.52. The Morgan fingerprint density at radius 3 is 2.84 bits per heavy atom. The number of thioether (sulfide) groups is 1. The second-order valence-electron chi connectivity index (χ2n) is 7.52. The van der Waals surface area contributed by atoms with Gasteiger partial charge in [0.15, 0.2) is 10.1 Å². The lowest BCUT2D eigenvalue weighted by molar-refractivity contribution is -0.117. The quantitative estimate of drug-likeness (QED) is 0.363. The van der Waals surface area contributed by atoms with Crippen LogP contribution in [0.25, 0.3) is 10.2 Å². The van der Waals surface area contributed by atoms with Crippen LogP contribution in [0.3, 0.4) is 0 Å². The number of thiazole rings is 1. The van der Waals surface area contributed by atoms with Gasteiger partial charge in [-0.2, -0.15) is 0 Å². The number of aromatic nitrogens is 1. The standard InChI is InChI=1S/C25H20N2O3S2/c1-30-22-9-5-2-6-15(22)14-31-25-27-20-11-10-16(12-23(20)32-25)26-24(29)19-13-21(28)18-8-4-3-7-17(18)19/h2-12,19H,13-14H2,1H3,(H,26,29). The summed E-state index contributed by atoms with van der Waals surface area (Å²) < 4.78 is 7.39. The summed E-state index contributed by atoms with van der Waals surface area (Å²) in [5.74, 6) is 1.07. The van der Waals surface area contributed by atoms with E-state index in [4.69, 9.17) is 9.72 Å². The van der Waals surface area contributed by atoms with Gasteiger partial charge in [0, 0.05) is 29.0 Å². The van der Waals surface area contributed by atoms with Gasteiger partial charge in [-0.3, -0.25) is 9.59 Å². The number of ether oxygens (including phenoxy) is 1. The summed E-state index contributed by atoms with van der Waals surface area (Å²) in [6, 6.07) is 21.0. The van der Waals surface area contributed by atoms with E-state index in [1.165, 1.54) is 0 Å². The zero-order valence-corrected chi connectivity index (χ0v) is 19.0. The van der Waals surface area contributed by atoms with Gasteiger partial charge >= 0.3 is 0 Å². The van der Waals surface area contributed by atoms with Gasteiger partial charge in [0.25, 0.3) is 0 Å². The van der Waals surface area contributed by atoms with Gasteiger partial charge in [0.1, 0.15) is 5.75 Å². The number of para-hydroxylation sites is 1. The molecule has 5 rings (SSSR count). The second-order valence-corrected chi connectivity index (χ2v) is 9.77. The smallest absolute Gasteiger partial charge is 0.232 e. The number of nitrogens with one attached hydrogen (secondary N) is 1. The van der Waals surface area contributed by atoms with Crippen LogP contribution in [0.5, 0.6) is 5.75 Å². The number of hydrogen-bond acceptors (Lipinski definition) is 6. The summed E-state index contributed by atoms with van der Waals surface area (Å²) in [5.41, 5.74) is 4.20. The molecule has 3 aromatic carbocycles. The van der Waals surface area contributed by atoms with Crippen LogP contribution in [-0.2, 0) is 10.5 Å². The summed E-state index contributed by atoms with van der Waals surface area (Å²) >= 11 is 3.26. The number of Topliss-reactive ketones (excluding diaryl/α,β-unsaturated/α-hetero) is 1. The fourth-order valence-corrected chi connectivity index (χ4v) is 6.03. The molecule has 1 aliphatic carbocycles. The Balaban J connectivity index is 1.30. The van der Waals surface area contributed by atoms with E-state index in [0.717, 1.165) is 37.2 Å². The summed E-state index contributed by atoms with van der Waals surface area (Å²) in [6.45, 7) is 0. The number of nitrogens with zero attached hydrogens (tertiary/aromatic N) is 1. The Labute approximate surface area is 193 Å². The van der Waals surface area contributed by atoms with Crippen LogP contribution in [0.1, 0.15) is 33.8 Å². The van der Waals surface area contributed by atoms with Crippen molar-refractivity contribution in [2.75, 3.05) is 12.4 Å². The molecule has 0 saturated heterocycles. The molecule has 32 heavy (non-hydrogen) atoms. The first-order valence-corrected chi connectivity index (χ1v) is 12.0. The third-order valence-corrected chi connectivity index (χ3v) is 7.73. The molecule has 160 valence electrons. The first kappa shape index (κ1) is 20.7. The Kier molecular flexibility index (Phi) is 5.68. The molecule has 7 heteroatoms. The number of rotatable bonds is 6. The second kappa shape index (κ2) is 8.76. The lowest BCUT2D eigenvalue weighted by Crippen LogP contribution is -2.19. The minimum Gasteiger partial charge on any atom is -0.496 e. The summed E-state index contributed by atoms with van der Waals surface area (Å²) in [6.07, 6.45) is 0.220. The highest BCUT2D eigenvalue weighted by molar-refractivity contribution is 8.00. The zero-order valence-electron chi connectivity index (χ0n) is 17.3. The average molecular weight is 461 g/mol. The van der Waals surface area contributed by atoms with Crippen molar-refractivity contribution >= 4 is 50.7 Å². The van der Waals surface area contributed by atoms with Crippen molar-refractivity contribution < 1.29 is 14.3 Å². The maximum atomic E-state index is 12.9. The van der Waals surface area contributed by atoms with E-state index in [2.05, 4.69) is 11.4 Å². The van der Waals surface area contributed by atoms with Gasteiger partial charge in [-0.25, -0.2) is 4.98 Å². The van der Waals surface area contributed by atoms with E-state index in [9.17, 15) is 9.59 Å². The van der Waals surface area contributed by atoms with E-state index >= 15 is 0 Å². The van der Waals surface area contributed by atoms with Crippen LogP contribution in [0.4, 0.5) is 5.69 Å². The molecule has 1 aromatic heterocycles. The molecule has 0 spiro atoms. The van der Waals surface area contributed by atoms with E-state index < -0.39 is 5.92 Å².